The molecule has 0 heterocycles. The lowest BCUT2D eigenvalue weighted by Crippen LogP contribution is -2.51. The van der Waals surface area contributed by atoms with Gasteiger partial charge in [-0.05, 0) is 13.3 Å². The standard InChI is InChI=1S/C8H15N3O4/c1-3-5(7(13)14)11-8(15)10-4(2)6(9)12/h4-5H,3H2,1-2H3,(H2,9,12)(H,13,14)(H2,10,11,15)/t4?,5-/m0/s1. The van der Waals surface area contributed by atoms with Gasteiger partial charge >= 0.3 is 12.0 Å². The number of amides is 3. The molecule has 0 aromatic carbocycles. The van der Waals surface area contributed by atoms with Crippen LogP contribution in [0.15, 0.2) is 0 Å². The van der Waals surface area contributed by atoms with E-state index in [1.807, 2.05) is 0 Å². The van der Waals surface area contributed by atoms with Crippen molar-refractivity contribution < 1.29 is 19.5 Å². The van der Waals surface area contributed by atoms with Crippen molar-refractivity contribution >= 4 is 17.9 Å². The summed E-state index contributed by atoms with van der Waals surface area (Å²) in [6, 6.07) is -2.53. The first-order chi connectivity index (χ1) is 6.88. The van der Waals surface area contributed by atoms with Crippen molar-refractivity contribution in [2.75, 3.05) is 0 Å². The van der Waals surface area contributed by atoms with Crippen LogP contribution in [0.25, 0.3) is 0 Å². The molecular formula is C8H15N3O4. The fourth-order valence-corrected chi connectivity index (χ4v) is 0.806. The third kappa shape index (κ3) is 4.84. The van der Waals surface area contributed by atoms with Gasteiger partial charge in [0.25, 0.3) is 0 Å². The van der Waals surface area contributed by atoms with Gasteiger partial charge in [0.15, 0.2) is 0 Å². The van der Waals surface area contributed by atoms with Gasteiger partial charge in [0.05, 0.1) is 0 Å². The first kappa shape index (κ1) is 13.2. The van der Waals surface area contributed by atoms with E-state index < -0.39 is 30.0 Å². The summed E-state index contributed by atoms with van der Waals surface area (Å²) in [6.07, 6.45) is 0.258. The molecule has 86 valence electrons. The Kier molecular flexibility index (Phi) is 5.14. The monoisotopic (exact) mass is 217 g/mol. The Morgan fingerprint density at radius 1 is 1.33 bits per heavy atom. The highest BCUT2D eigenvalue weighted by Crippen LogP contribution is 1.90. The molecule has 5 N–H and O–H groups in total. The molecule has 3 amide bonds. The Labute approximate surface area is 87.0 Å². The minimum atomic E-state index is -1.13. The average molecular weight is 217 g/mol. The fraction of sp³-hybridized carbons (Fsp3) is 0.625. The Balaban J connectivity index is 4.13. The smallest absolute Gasteiger partial charge is 0.326 e. The summed E-state index contributed by atoms with van der Waals surface area (Å²) in [4.78, 5) is 32.3. The van der Waals surface area contributed by atoms with Crippen LogP contribution in [-0.2, 0) is 9.59 Å². The van der Waals surface area contributed by atoms with Crippen molar-refractivity contribution in [1.29, 1.82) is 0 Å². The predicted molar refractivity (Wildman–Crippen MR) is 52.0 cm³/mol. The second kappa shape index (κ2) is 5.84. The first-order valence-corrected chi connectivity index (χ1v) is 4.47. The molecule has 0 aliphatic rings. The van der Waals surface area contributed by atoms with E-state index in [1.165, 1.54) is 6.92 Å². The van der Waals surface area contributed by atoms with Crippen molar-refractivity contribution in [3.8, 4) is 0 Å². The minimum absolute atomic E-state index is 0.258. The lowest BCUT2D eigenvalue weighted by atomic mass is 10.2. The number of carboxylic acid groups (broad SMARTS) is 1. The molecule has 0 aromatic rings. The third-order valence-electron chi connectivity index (χ3n) is 1.79. The average Bonchev–Trinajstić information content (AvgIpc) is 2.13. The first-order valence-electron chi connectivity index (χ1n) is 4.47. The number of rotatable bonds is 5. The number of carboxylic acids is 1. The van der Waals surface area contributed by atoms with Gasteiger partial charge in [-0.3, -0.25) is 4.79 Å². The molecule has 0 saturated carbocycles. The normalized spacial score (nSPS) is 13.7. The number of aliphatic carboxylic acids is 1. The highest BCUT2D eigenvalue weighted by atomic mass is 16.4. The molecule has 1 unspecified atom stereocenters. The van der Waals surface area contributed by atoms with Crippen molar-refractivity contribution in [2.45, 2.75) is 32.4 Å². The van der Waals surface area contributed by atoms with Crippen molar-refractivity contribution in [3.05, 3.63) is 0 Å². The summed E-state index contributed by atoms with van der Waals surface area (Å²) in [5.41, 5.74) is 4.91. The van der Waals surface area contributed by atoms with Crippen LogP contribution in [0.3, 0.4) is 0 Å². The second-order valence-corrected chi connectivity index (χ2v) is 3.04. The van der Waals surface area contributed by atoms with E-state index in [-0.39, 0.29) is 6.42 Å². The number of carbonyl (C=O) groups is 3. The zero-order valence-electron chi connectivity index (χ0n) is 8.61. The van der Waals surface area contributed by atoms with E-state index in [2.05, 4.69) is 10.6 Å². The van der Waals surface area contributed by atoms with Crippen LogP contribution in [0.5, 0.6) is 0 Å². The number of hydrogen-bond acceptors (Lipinski definition) is 3. The predicted octanol–water partition coefficient (Wildman–Crippen LogP) is -0.977. The van der Waals surface area contributed by atoms with Crippen molar-refractivity contribution in [3.63, 3.8) is 0 Å². The fourth-order valence-electron chi connectivity index (χ4n) is 0.806. The van der Waals surface area contributed by atoms with Crippen LogP contribution < -0.4 is 16.4 Å². The quantitative estimate of drug-likeness (QED) is 0.473. The summed E-state index contributed by atoms with van der Waals surface area (Å²) >= 11 is 0. The van der Waals surface area contributed by atoms with Crippen LogP contribution in [0, 0.1) is 0 Å². The van der Waals surface area contributed by atoms with Gasteiger partial charge < -0.3 is 21.5 Å². The van der Waals surface area contributed by atoms with Gasteiger partial charge in [-0.15, -0.1) is 0 Å². The number of urea groups is 1. The Hall–Kier alpha value is -1.79. The maximum absolute atomic E-state index is 11.1. The summed E-state index contributed by atoms with van der Waals surface area (Å²) in [5, 5.41) is 13.0. The van der Waals surface area contributed by atoms with Crippen LogP contribution in [0.1, 0.15) is 20.3 Å². The molecule has 0 fully saturated rings. The van der Waals surface area contributed by atoms with Crippen LogP contribution in [0.4, 0.5) is 4.79 Å². The lowest BCUT2D eigenvalue weighted by molar-refractivity contribution is -0.139. The maximum atomic E-state index is 11.1. The number of carbonyl (C=O) groups excluding carboxylic acids is 2. The molecule has 0 bridgehead atoms. The summed E-state index contributed by atoms with van der Waals surface area (Å²) in [6.45, 7) is 3.03. The van der Waals surface area contributed by atoms with Crippen LogP contribution >= 0.6 is 0 Å². The van der Waals surface area contributed by atoms with Crippen LogP contribution in [0.2, 0.25) is 0 Å². The zero-order chi connectivity index (χ0) is 12.0. The van der Waals surface area contributed by atoms with E-state index in [0.29, 0.717) is 0 Å². The van der Waals surface area contributed by atoms with E-state index in [0.717, 1.165) is 0 Å². The van der Waals surface area contributed by atoms with E-state index in [4.69, 9.17) is 10.8 Å². The number of nitrogens with one attached hydrogen (secondary N) is 2. The summed E-state index contributed by atoms with van der Waals surface area (Å²) in [5.74, 6) is -1.81. The third-order valence-corrected chi connectivity index (χ3v) is 1.79. The topological polar surface area (TPSA) is 122 Å². The Morgan fingerprint density at radius 2 is 1.87 bits per heavy atom. The van der Waals surface area contributed by atoms with Crippen molar-refractivity contribution in [1.82, 2.24) is 10.6 Å². The van der Waals surface area contributed by atoms with E-state index in [9.17, 15) is 14.4 Å². The minimum Gasteiger partial charge on any atom is -0.480 e. The highest BCUT2D eigenvalue weighted by Gasteiger charge is 2.19. The molecule has 15 heavy (non-hydrogen) atoms. The van der Waals surface area contributed by atoms with Gasteiger partial charge in [-0.2, -0.15) is 0 Å². The maximum Gasteiger partial charge on any atom is 0.326 e. The van der Waals surface area contributed by atoms with Gasteiger partial charge in [0.2, 0.25) is 5.91 Å². The van der Waals surface area contributed by atoms with E-state index >= 15 is 0 Å². The Morgan fingerprint density at radius 3 is 2.20 bits per heavy atom. The van der Waals surface area contributed by atoms with Crippen molar-refractivity contribution in [2.24, 2.45) is 5.73 Å². The second-order valence-electron chi connectivity index (χ2n) is 3.04. The largest absolute Gasteiger partial charge is 0.480 e. The van der Waals surface area contributed by atoms with Gasteiger partial charge in [0, 0.05) is 0 Å². The van der Waals surface area contributed by atoms with Gasteiger partial charge in [-0.1, -0.05) is 6.92 Å². The summed E-state index contributed by atoms with van der Waals surface area (Å²) < 4.78 is 0. The SMILES string of the molecule is CC[C@H](NC(=O)NC(C)C(N)=O)C(=O)O. The summed E-state index contributed by atoms with van der Waals surface area (Å²) in [7, 11) is 0. The van der Waals surface area contributed by atoms with E-state index in [1.54, 1.807) is 6.92 Å². The number of nitrogens with two attached hydrogens (primary N) is 1. The molecule has 2 atom stereocenters. The van der Waals surface area contributed by atoms with Crippen LogP contribution in [-0.4, -0.2) is 35.1 Å². The molecule has 7 heteroatoms. The van der Waals surface area contributed by atoms with Gasteiger partial charge in [-0.25, -0.2) is 9.59 Å². The molecule has 0 spiro atoms. The number of primary amides is 1. The molecule has 0 aliphatic carbocycles. The molecule has 0 aromatic heterocycles. The Bertz CT molecular complexity index is 267. The highest BCUT2D eigenvalue weighted by molar-refractivity contribution is 5.87. The molecule has 7 nitrogen and oxygen atoms in total. The number of hydrogen-bond donors (Lipinski definition) is 4. The zero-order valence-corrected chi connectivity index (χ0v) is 8.61. The lowest BCUT2D eigenvalue weighted by Gasteiger charge is -2.15. The molecule has 0 rings (SSSR count). The molecular weight excluding hydrogens is 202 g/mol. The van der Waals surface area contributed by atoms with Gasteiger partial charge in [0.1, 0.15) is 12.1 Å². The molecule has 0 radical (unpaired) electrons. The molecule has 0 aliphatic heterocycles. The molecule has 0 saturated heterocycles.